The first-order chi connectivity index (χ1) is 9.88. The number of halogens is 1. The minimum Gasteiger partial charge on any atom is -0.314 e. The maximum atomic E-state index is 12.9. The van der Waals surface area contributed by atoms with Gasteiger partial charge in [-0.3, -0.25) is 4.90 Å². The fraction of sp³-hybridized carbons (Fsp3) is 0.600. The SMILES string of the molecule is CS(=O)(=O)C(N)C1CCCCN1CCc1ccc(F)cc1. The molecule has 0 spiro atoms. The highest BCUT2D eigenvalue weighted by Crippen LogP contribution is 2.21. The molecular weight excluding hydrogens is 291 g/mol. The van der Waals surface area contributed by atoms with Crippen LogP contribution in [0.1, 0.15) is 24.8 Å². The molecule has 2 rings (SSSR count). The van der Waals surface area contributed by atoms with E-state index in [4.69, 9.17) is 5.73 Å². The molecule has 2 unspecified atom stereocenters. The lowest BCUT2D eigenvalue weighted by Gasteiger charge is -2.38. The molecule has 1 aromatic carbocycles. The number of rotatable bonds is 5. The Morgan fingerprint density at radius 3 is 2.62 bits per heavy atom. The number of nitrogens with two attached hydrogens (primary N) is 1. The lowest BCUT2D eigenvalue weighted by molar-refractivity contribution is 0.145. The Morgan fingerprint density at radius 1 is 1.33 bits per heavy atom. The largest absolute Gasteiger partial charge is 0.314 e. The van der Waals surface area contributed by atoms with Gasteiger partial charge in [0, 0.05) is 18.8 Å². The molecule has 0 aromatic heterocycles. The molecule has 1 saturated heterocycles. The third-order valence-electron chi connectivity index (χ3n) is 4.14. The van der Waals surface area contributed by atoms with Gasteiger partial charge in [0.25, 0.3) is 0 Å². The monoisotopic (exact) mass is 314 g/mol. The van der Waals surface area contributed by atoms with E-state index in [0.717, 1.165) is 44.3 Å². The van der Waals surface area contributed by atoms with E-state index < -0.39 is 15.2 Å². The van der Waals surface area contributed by atoms with Gasteiger partial charge < -0.3 is 5.73 Å². The van der Waals surface area contributed by atoms with Crippen LogP contribution in [-0.2, 0) is 16.3 Å². The molecule has 0 saturated carbocycles. The highest BCUT2D eigenvalue weighted by Gasteiger charge is 2.32. The van der Waals surface area contributed by atoms with Crippen LogP contribution in [0.4, 0.5) is 4.39 Å². The van der Waals surface area contributed by atoms with Crippen LogP contribution in [0.2, 0.25) is 0 Å². The van der Waals surface area contributed by atoms with Crippen LogP contribution in [-0.4, -0.2) is 44.1 Å². The third kappa shape index (κ3) is 4.49. The highest BCUT2D eigenvalue weighted by atomic mass is 32.2. The second-order valence-electron chi connectivity index (χ2n) is 5.77. The fourth-order valence-corrected chi connectivity index (χ4v) is 3.75. The summed E-state index contributed by atoms with van der Waals surface area (Å²) in [7, 11) is -3.24. The van der Waals surface area contributed by atoms with Gasteiger partial charge in [0.2, 0.25) is 0 Å². The van der Waals surface area contributed by atoms with Crippen molar-refractivity contribution in [3.8, 4) is 0 Å². The summed E-state index contributed by atoms with van der Waals surface area (Å²) in [6.07, 6.45) is 4.87. The summed E-state index contributed by atoms with van der Waals surface area (Å²) in [5.41, 5.74) is 6.98. The van der Waals surface area contributed by atoms with E-state index in [1.165, 1.54) is 18.4 Å². The van der Waals surface area contributed by atoms with Crippen molar-refractivity contribution in [3.05, 3.63) is 35.6 Å². The number of likely N-dealkylation sites (tertiary alicyclic amines) is 1. The van der Waals surface area contributed by atoms with E-state index in [0.29, 0.717) is 0 Å². The Hall–Kier alpha value is -0.980. The topological polar surface area (TPSA) is 63.4 Å². The van der Waals surface area contributed by atoms with Gasteiger partial charge in [0.15, 0.2) is 9.84 Å². The first-order valence-corrected chi connectivity index (χ1v) is 9.26. The molecule has 1 fully saturated rings. The number of hydrogen-bond acceptors (Lipinski definition) is 4. The Kier molecular flexibility index (Phi) is 5.35. The molecule has 6 heteroatoms. The van der Waals surface area contributed by atoms with E-state index in [9.17, 15) is 12.8 Å². The predicted molar refractivity (Wildman–Crippen MR) is 82.1 cm³/mol. The van der Waals surface area contributed by atoms with Crippen molar-refractivity contribution >= 4 is 9.84 Å². The van der Waals surface area contributed by atoms with Crippen molar-refractivity contribution in [2.75, 3.05) is 19.3 Å². The van der Waals surface area contributed by atoms with Gasteiger partial charge in [-0.15, -0.1) is 0 Å². The van der Waals surface area contributed by atoms with Gasteiger partial charge in [-0.1, -0.05) is 18.6 Å². The van der Waals surface area contributed by atoms with Crippen LogP contribution in [0.3, 0.4) is 0 Å². The number of piperidine rings is 1. The normalized spacial score (nSPS) is 22.1. The van der Waals surface area contributed by atoms with Crippen LogP contribution in [0, 0.1) is 5.82 Å². The molecule has 2 atom stereocenters. The number of hydrogen-bond donors (Lipinski definition) is 1. The van der Waals surface area contributed by atoms with Crippen molar-refractivity contribution in [1.82, 2.24) is 4.90 Å². The van der Waals surface area contributed by atoms with Crippen LogP contribution >= 0.6 is 0 Å². The molecular formula is C15H23FN2O2S. The summed E-state index contributed by atoms with van der Waals surface area (Å²) in [4.78, 5) is 2.17. The lowest BCUT2D eigenvalue weighted by atomic mass is 10.0. The summed E-state index contributed by atoms with van der Waals surface area (Å²) < 4.78 is 36.3. The van der Waals surface area contributed by atoms with Crippen LogP contribution < -0.4 is 5.73 Å². The van der Waals surface area contributed by atoms with Crippen LogP contribution in [0.15, 0.2) is 24.3 Å². The molecule has 0 aliphatic carbocycles. The summed E-state index contributed by atoms with van der Waals surface area (Å²) >= 11 is 0. The zero-order valence-electron chi connectivity index (χ0n) is 12.3. The first kappa shape index (κ1) is 16.4. The maximum Gasteiger partial charge on any atom is 0.164 e. The summed E-state index contributed by atoms with van der Waals surface area (Å²) in [5.74, 6) is -0.242. The Labute approximate surface area is 126 Å². The Bertz CT molecular complexity index is 560. The average Bonchev–Trinajstić information content (AvgIpc) is 2.45. The molecule has 1 aliphatic rings. The lowest BCUT2D eigenvalue weighted by Crippen LogP contribution is -2.53. The van der Waals surface area contributed by atoms with Crippen molar-refractivity contribution in [1.29, 1.82) is 0 Å². The van der Waals surface area contributed by atoms with Crippen molar-refractivity contribution in [2.45, 2.75) is 37.1 Å². The number of sulfone groups is 1. The third-order valence-corrected chi connectivity index (χ3v) is 5.44. The molecule has 21 heavy (non-hydrogen) atoms. The summed E-state index contributed by atoms with van der Waals surface area (Å²) in [6, 6.07) is 6.32. The van der Waals surface area contributed by atoms with E-state index in [1.807, 2.05) is 0 Å². The molecule has 2 N–H and O–H groups in total. The van der Waals surface area contributed by atoms with E-state index >= 15 is 0 Å². The maximum absolute atomic E-state index is 12.9. The van der Waals surface area contributed by atoms with Crippen molar-refractivity contribution in [3.63, 3.8) is 0 Å². The first-order valence-electron chi connectivity index (χ1n) is 7.31. The molecule has 118 valence electrons. The second-order valence-corrected chi connectivity index (χ2v) is 7.97. The molecule has 0 radical (unpaired) electrons. The minimum atomic E-state index is -3.24. The van der Waals surface area contributed by atoms with Crippen LogP contribution in [0.25, 0.3) is 0 Å². The van der Waals surface area contributed by atoms with Gasteiger partial charge in [-0.05, 0) is 43.5 Å². The Morgan fingerprint density at radius 2 is 2.00 bits per heavy atom. The fourth-order valence-electron chi connectivity index (χ4n) is 2.88. The summed E-state index contributed by atoms with van der Waals surface area (Å²) in [6.45, 7) is 1.62. The Balaban J connectivity index is 2.00. The van der Waals surface area contributed by atoms with Gasteiger partial charge in [0.1, 0.15) is 11.2 Å². The second kappa shape index (κ2) is 6.85. The standard InChI is InChI=1S/C15H23FN2O2S/c1-21(19,20)15(17)14-4-2-3-10-18(14)11-9-12-5-7-13(16)8-6-12/h5-8,14-15H,2-4,9-11,17H2,1H3. The quantitative estimate of drug-likeness (QED) is 0.896. The predicted octanol–water partition coefficient (Wildman–Crippen LogP) is 1.55. The van der Waals surface area contributed by atoms with Crippen molar-refractivity contribution in [2.24, 2.45) is 5.73 Å². The minimum absolute atomic E-state index is 0.116. The van der Waals surface area contributed by atoms with Crippen molar-refractivity contribution < 1.29 is 12.8 Å². The van der Waals surface area contributed by atoms with E-state index in [-0.39, 0.29) is 11.9 Å². The molecule has 0 bridgehead atoms. The smallest absolute Gasteiger partial charge is 0.164 e. The molecule has 1 heterocycles. The van der Waals surface area contributed by atoms with Gasteiger partial charge in [0.05, 0.1) is 0 Å². The summed E-state index contributed by atoms with van der Waals surface area (Å²) in [5, 5.41) is -0.828. The molecule has 0 amide bonds. The van der Waals surface area contributed by atoms with E-state index in [1.54, 1.807) is 12.1 Å². The van der Waals surface area contributed by atoms with Gasteiger partial charge >= 0.3 is 0 Å². The zero-order valence-corrected chi connectivity index (χ0v) is 13.2. The number of nitrogens with zero attached hydrogens (tertiary/aromatic N) is 1. The molecule has 1 aromatic rings. The van der Waals surface area contributed by atoms with Gasteiger partial charge in [-0.2, -0.15) is 0 Å². The zero-order chi connectivity index (χ0) is 15.5. The van der Waals surface area contributed by atoms with E-state index in [2.05, 4.69) is 4.90 Å². The molecule has 4 nitrogen and oxygen atoms in total. The van der Waals surface area contributed by atoms with Gasteiger partial charge in [-0.25, -0.2) is 12.8 Å². The average molecular weight is 314 g/mol. The van der Waals surface area contributed by atoms with Crippen LogP contribution in [0.5, 0.6) is 0 Å². The highest BCUT2D eigenvalue weighted by molar-refractivity contribution is 7.91. The molecule has 1 aliphatic heterocycles. The number of benzene rings is 1.